The summed E-state index contributed by atoms with van der Waals surface area (Å²) in [6.45, 7) is 4.33. The van der Waals surface area contributed by atoms with E-state index in [-0.39, 0.29) is 6.61 Å². The van der Waals surface area contributed by atoms with Gasteiger partial charge in [0.05, 0.1) is 20.3 Å². The largest absolute Gasteiger partial charge is 0.497 e. The summed E-state index contributed by atoms with van der Waals surface area (Å²) in [7, 11) is 1.61. The molecule has 0 aromatic heterocycles. The van der Waals surface area contributed by atoms with E-state index >= 15 is 0 Å². The van der Waals surface area contributed by atoms with Crippen molar-refractivity contribution in [2.45, 2.75) is 32.3 Å². The third kappa shape index (κ3) is 4.80. The number of benzene rings is 1. The molecular formula is C15H22O3. The fraction of sp³-hybridized carbons (Fsp3) is 0.467. The molecule has 0 saturated heterocycles. The summed E-state index contributed by atoms with van der Waals surface area (Å²) in [5.74, 6) is 1.47. The van der Waals surface area contributed by atoms with Crippen LogP contribution in [0.4, 0.5) is 0 Å². The van der Waals surface area contributed by atoms with Gasteiger partial charge in [-0.05, 0) is 43.9 Å². The van der Waals surface area contributed by atoms with Crippen LogP contribution in [0.5, 0.6) is 11.5 Å². The zero-order chi connectivity index (χ0) is 13.2. The highest BCUT2D eigenvalue weighted by molar-refractivity contribution is 5.39. The van der Waals surface area contributed by atoms with Gasteiger partial charge in [-0.1, -0.05) is 6.08 Å². The van der Waals surface area contributed by atoms with Crippen LogP contribution in [-0.2, 0) is 6.61 Å². The molecule has 3 nitrogen and oxygen atoms in total. The second-order valence-electron chi connectivity index (χ2n) is 4.12. The van der Waals surface area contributed by atoms with Crippen molar-refractivity contribution in [1.29, 1.82) is 0 Å². The normalized spacial score (nSPS) is 10.1. The fourth-order valence-corrected chi connectivity index (χ4v) is 1.70. The molecule has 18 heavy (non-hydrogen) atoms. The molecule has 0 atom stereocenters. The first-order valence-electron chi connectivity index (χ1n) is 6.33. The molecule has 1 rings (SSSR count). The lowest BCUT2D eigenvalue weighted by molar-refractivity contribution is 0.259. The van der Waals surface area contributed by atoms with Crippen LogP contribution in [0.1, 0.15) is 31.2 Å². The number of rotatable bonds is 9. The van der Waals surface area contributed by atoms with Gasteiger partial charge in [0.25, 0.3) is 0 Å². The summed E-state index contributed by atoms with van der Waals surface area (Å²) >= 11 is 0. The lowest BCUT2D eigenvalue weighted by Crippen LogP contribution is -2.00. The summed E-state index contributed by atoms with van der Waals surface area (Å²) in [5, 5.41) is 9.26. The molecule has 0 aliphatic carbocycles. The van der Waals surface area contributed by atoms with Gasteiger partial charge in [0.15, 0.2) is 0 Å². The third-order valence-electron chi connectivity index (χ3n) is 2.75. The molecular weight excluding hydrogens is 228 g/mol. The molecule has 100 valence electrons. The van der Waals surface area contributed by atoms with Crippen LogP contribution >= 0.6 is 0 Å². The maximum atomic E-state index is 9.26. The molecule has 0 spiro atoms. The first-order valence-corrected chi connectivity index (χ1v) is 6.33. The van der Waals surface area contributed by atoms with Gasteiger partial charge in [-0.2, -0.15) is 0 Å². The van der Waals surface area contributed by atoms with E-state index < -0.39 is 0 Å². The van der Waals surface area contributed by atoms with Crippen LogP contribution in [0.2, 0.25) is 0 Å². The monoisotopic (exact) mass is 250 g/mol. The minimum atomic E-state index is -0.0387. The molecule has 0 aliphatic rings. The molecule has 1 aromatic carbocycles. The zero-order valence-electron chi connectivity index (χ0n) is 11.0. The minimum absolute atomic E-state index is 0.0387. The van der Waals surface area contributed by atoms with Crippen molar-refractivity contribution in [3.8, 4) is 11.5 Å². The van der Waals surface area contributed by atoms with Gasteiger partial charge in [0.2, 0.25) is 0 Å². The number of methoxy groups -OCH3 is 1. The molecule has 0 saturated carbocycles. The Balaban J connectivity index is 2.39. The third-order valence-corrected chi connectivity index (χ3v) is 2.75. The van der Waals surface area contributed by atoms with E-state index in [0.29, 0.717) is 6.61 Å². The van der Waals surface area contributed by atoms with Crippen LogP contribution in [0.3, 0.4) is 0 Å². The van der Waals surface area contributed by atoms with E-state index in [0.717, 1.165) is 42.7 Å². The molecule has 1 aromatic rings. The highest BCUT2D eigenvalue weighted by atomic mass is 16.5. The van der Waals surface area contributed by atoms with Crippen molar-refractivity contribution >= 4 is 0 Å². The maximum absolute atomic E-state index is 9.26. The van der Waals surface area contributed by atoms with E-state index in [4.69, 9.17) is 9.47 Å². The maximum Gasteiger partial charge on any atom is 0.125 e. The molecule has 0 heterocycles. The van der Waals surface area contributed by atoms with Crippen LogP contribution in [0.25, 0.3) is 0 Å². The zero-order valence-corrected chi connectivity index (χ0v) is 11.0. The first kappa shape index (κ1) is 14.6. The van der Waals surface area contributed by atoms with Crippen LogP contribution in [0.15, 0.2) is 30.9 Å². The second-order valence-corrected chi connectivity index (χ2v) is 4.12. The lowest BCUT2D eigenvalue weighted by atomic mass is 10.2. The van der Waals surface area contributed by atoms with E-state index in [1.54, 1.807) is 13.2 Å². The Morgan fingerprint density at radius 2 is 2.11 bits per heavy atom. The van der Waals surface area contributed by atoms with Gasteiger partial charge in [0.1, 0.15) is 11.5 Å². The second kappa shape index (κ2) is 8.59. The summed E-state index contributed by atoms with van der Waals surface area (Å²) in [6, 6.07) is 5.48. The molecule has 1 N–H and O–H groups in total. The lowest BCUT2D eigenvalue weighted by Gasteiger charge is -2.11. The Kier molecular flexibility index (Phi) is 6.96. The SMILES string of the molecule is C=CCCCCCOc1ccc(OC)cc1CO. The number of ether oxygens (including phenoxy) is 2. The smallest absolute Gasteiger partial charge is 0.125 e. The van der Waals surface area contributed by atoms with Gasteiger partial charge in [0, 0.05) is 5.56 Å². The Labute approximate surface area is 109 Å². The molecule has 3 heteroatoms. The highest BCUT2D eigenvalue weighted by Crippen LogP contribution is 2.24. The van der Waals surface area contributed by atoms with Crippen molar-refractivity contribution in [3.05, 3.63) is 36.4 Å². The predicted molar refractivity (Wildman–Crippen MR) is 73.1 cm³/mol. The van der Waals surface area contributed by atoms with E-state index in [2.05, 4.69) is 6.58 Å². The van der Waals surface area contributed by atoms with Crippen molar-refractivity contribution in [2.24, 2.45) is 0 Å². The Morgan fingerprint density at radius 3 is 2.78 bits per heavy atom. The highest BCUT2D eigenvalue weighted by Gasteiger charge is 2.04. The van der Waals surface area contributed by atoms with E-state index in [1.165, 1.54) is 0 Å². The van der Waals surface area contributed by atoms with Gasteiger partial charge in [-0.25, -0.2) is 0 Å². The average Bonchev–Trinajstić information content (AvgIpc) is 2.42. The Bertz CT molecular complexity index is 361. The van der Waals surface area contributed by atoms with Crippen LogP contribution in [0, 0.1) is 0 Å². The number of unbranched alkanes of at least 4 members (excludes halogenated alkanes) is 3. The predicted octanol–water partition coefficient (Wildman–Crippen LogP) is 3.31. The topological polar surface area (TPSA) is 38.7 Å². The number of allylic oxidation sites excluding steroid dienone is 1. The molecule has 0 aliphatic heterocycles. The van der Waals surface area contributed by atoms with E-state index in [1.807, 2.05) is 18.2 Å². The minimum Gasteiger partial charge on any atom is -0.497 e. The van der Waals surface area contributed by atoms with Crippen molar-refractivity contribution < 1.29 is 14.6 Å². The Hall–Kier alpha value is -1.48. The van der Waals surface area contributed by atoms with Crippen molar-refractivity contribution in [3.63, 3.8) is 0 Å². The van der Waals surface area contributed by atoms with Crippen molar-refractivity contribution in [1.82, 2.24) is 0 Å². The molecule has 0 bridgehead atoms. The van der Waals surface area contributed by atoms with Gasteiger partial charge in [-0.3, -0.25) is 0 Å². The first-order chi connectivity index (χ1) is 8.81. The van der Waals surface area contributed by atoms with Gasteiger partial charge >= 0.3 is 0 Å². The van der Waals surface area contributed by atoms with Crippen LogP contribution < -0.4 is 9.47 Å². The average molecular weight is 250 g/mol. The standard InChI is InChI=1S/C15H22O3/c1-3-4-5-6-7-10-18-15-9-8-14(17-2)11-13(15)12-16/h3,8-9,11,16H,1,4-7,10,12H2,2H3. The fourth-order valence-electron chi connectivity index (χ4n) is 1.70. The van der Waals surface area contributed by atoms with Crippen LogP contribution in [-0.4, -0.2) is 18.8 Å². The summed E-state index contributed by atoms with van der Waals surface area (Å²) < 4.78 is 10.8. The quantitative estimate of drug-likeness (QED) is 0.540. The van der Waals surface area contributed by atoms with Gasteiger partial charge in [-0.15, -0.1) is 6.58 Å². The number of aliphatic hydroxyl groups excluding tert-OH is 1. The summed E-state index contributed by atoms with van der Waals surface area (Å²) in [5.41, 5.74) is 0.764. The number of aliphatic hydroxyl groups is 1. The molecule has 0 radical (unpaired) electrons. The van der Waals surface area contributed by atoms with Gasteiger partial charge < -0.3 is 14.6 Å². The van der Waals surface area contributed by atoms with E-state index in [9.17, 15) is 5.11 Å². The number of hydrogen-bond donors (Lipinski definition) is 1. The number of hydrogen-bond acceptors (Lipinski definition) is 3. The summed E-state index contributed by atoms with van der Waals surface area (Å²) in [6.07, 6.45) is 6.31. The van der Waals surface area contributed by atoms with Crippen molar-refractivity contribution in [2.75, 3.05) is 13.7 Å². The molecule has 0 amide bonds. The molecule has 0 unspecified atom stereocenters. The summed E-state index contributed by atoms with van der Waals surface area (Å²) in [4.78, 5) is 0. The molecule has 0 fully saturated rings. The Morgan fingerprint density at radius 1 is 1.28 bits per heavy atom.